The third-order valence-electron chi connectivity index (χ3n) is 3.01. The Morgan fingerprint density at radius 2 is 1.89 bits per heavy atom. The van der Waals surface area contributed by atoms with Crippen LogP contribution < -0.4 is 14.2 Å². The fourth-order valence-corrected chi connectivity index (χ4v) is 2.02. The van der Waals surface area contributed by atoms with Gasteiger partial charge in [-0.2, -0.15) is 0 Å². The molecule has 2 rings (SSSR count). The van der Waals surface area contributed by atoms with Gasteiger partial charge in [0.2, 0.25) is 5.75 Å². The molecule has 104 valence electrons. The van der Waals surface area contributed by atoms with Gasteiger partial charge in [-0.15, -0.1) is 0 Å². The van der Waals surface area contributed by atoms with Gasteiger partial charge in [-0.1, -0.05) is 0 Å². The molecule has 1 fully saturated rings. The lowest BCUT2D eigenvalue weighted by molar-refractivity contribution is -0.107. The number of hydrogen-bond acceptors (Lipinski definition) is 5. The molecule has 0 bridgehead atoms. The normalized spacial score (nSPS) is 18.7. The number of hydrogen-bond donors (Lipinski definition) is 0. The monoisotopic (exact) mass is 266 g/mol. The summed E-state index contributed by atoms with van der Waals surface area (Å²) in [7, 11) is 3.05. The van der Waals surface area contributed by atoms with Crippen LogP contribution in [0.2, 0.25) is 0 Å². The molecule has 1 heterocycles. The smallest absolute Gasteiger partial charge is 0.206 e. The van der Waals surface area contributed by atoms with Gasteiger partial charge < -0.3 is 18.9 Å². The minimum atomic E-state index is -0.293. The summed E-state index contributed by atoms with van der Waals surface area (Å²) >= 11 is 0. The maximum absolute atomic E-state index is 10.9. The van der Waals surface area contributed by atoms with Gasteiger partial charge in [-0.3, -0.25) is 4.79 Å². The van der Waals surface area contributed by atoms with Crippen LogP contribution in [0.5, 0.6) is 17.2 Å². The van der Waals surface area contributed by atoms with Crippen molar-refractivity contribution in [2.45, 2.75) is 25.6 Å². The molecule has 19 heavy (non-hydrogen) atoms. The zero-order chi connectivity index (χ0) is 13.7. The average molecular weight is 266 g/mol. The van der Waals surface area contributed by atoms with Crippen LogP contribution in [0.15, 0.2) is 12.1 Å². The molecule has 1 aliphatic rings. The van der Waals surface area contributed by atoms with Gasteiger partial charge in [0, 0.05) is 12.0 Å². The lowest BCUT2D eigenvalue weighted by Gasteiger charge is -2.25. The van der Waals surface area contributed by atoms with Gasteiger partial charge in [-0.05, 0) is 25.0 Å². The van der Waals surface area contributed by atoms with E-state index < -0.39 is 0 Å². The SMILES string of the molecule is COc1cc(C=O)cc(OC)c1OC1CCCCO1. The van der Waals surface area contributed by atoms with Crippen molar-refractivity contribution >= 4 is 6.29 Å². The van der Waals surface area contributed by atoms with Crippen molar-refractivity contribution in [1.29, 1.82) is 0 Å². The molecule has 1 atom stereocenters. The van der Waals surface area contributed by atoms with Gasteiger partial charge in [0.25, 0.3) is 0 Å². The first-order valence-electron chi connectivity index (χ1n) is 6.28. The molecule has 0 spiro atoms. The second-order valence-corrected chi connectivity index (χ2v) is 4.29. The van der Waals surface area contributed by atoms with E-state index in [1.165, 1.54) is 14.2 Å². The van der Waals surface area contributed by atoms with Crippen LogP contribution in [0.4, 0.5) is 0 Å². The quantitative estimate of drug-likeness (QED) is 0.766. The molecule has 1 saturated heterocycles. The fourth-order valence-electron chi connectivity index (χ4n) is 2.02. The zero-order valence-electron chi connectivity index (χ0n) is 11.2. The van der Waals surface area contributed by atoms with E-state index in [2.05, 4.69) is 0 Å². The standard InChI is InChI=1S/C14H18O5/c1-16-11-7-10(9-15)8-12(17-2)14(11)19-13-5-3-4-6-18-13/h7-9,13H,3-6H2,1-2H3. The number of carbonyl (C=O) groups is 1. The van der Waals surface area contributed by atoms with Crippen LogP contribution in [0, 0.1) is 0 Å². The number of carbonyl (C=O) groups excluding carboxylic acids is 1. The van der Waals surface area contributed by atoms with Crippen molar-refractivity contribution in [2.24, 2.45) is 0 Å². The van der Waals surface area contributed by atoms with E-state index in [9.17, 15) is 4.79 Å². The highest BCUT2D eigenvalue weighted by Gasteiger charge is 2.21. The predicted molar refractivity (Wildman–Crippen MR) is 69.2 cm³/mol. The summed E-state index contributed by atoms with van der Waals surface area (Å²) in [5, 5.41) is 0. The second kappa shape index (κ2) is 6.43. The highest BCUT2D eigenvalue weighted by molar-refractivity contribution is 5.78. The van der Waals surface area contributed by atoms with E-state index in [-0.39, 0.29) is 6.29 Å². The van der Waals surface area contributed by atoms with Crippen molar-refractivity contribution in [2.75, 3.05) is 20.8 Å². The summed E-state index contributed by atoms with van der Waals surface area (Å²) in [5.41, 5.74) is 0.477. The Kier molecular flexibility index (Phi) is 4.63. The summed E-state index contributed by atoms with van der Waals surface area (Å²) in [4.78, 5) is 10.9. The molecule has 1 unspecified atom stereocenters. The maximum atomic E-state index is 10.9. The van der Waals surface area contributed by atoms with Gasteiger partial charge in [0.1, 0.15) is 6.29 Å². The molecule has 0 radical (unpaired) electrons. The Labute approximate surface area is 112 Å². The Bertz CT molecular complexity index is 412. The molecule has 0 amide bonds. The maximum Gasteiger partial charge on any atom is 0.206 e. The fraction of sp³-hybridized carbons (Fsp3) is 0.500. The average Bonchev–Trinajstić information content (AvgIpc) is 2.48. The van der Waals surface area contributed by atoms with Crippen LogP contribution >= 0.6 is 0 Å². The van der Waals surface area contributed by atoms with Crippen molar-refractivity contribution < 1.29 is 23.7 Å². The number of benzene rings is 1. The van der Waals surface area contributed by atoms with Gasteiger partial charge in [0.05, 0.1) is 20.8 Å². The molecule has 0 aliphatic carbocycles. The first-order chi connectivity index (χ1) is 9.28. The van der Waals surface area contributed by atoms with Crippen LogP contribution in [-0.4, -0.2) is 33.4 Å². The van der Waals surface area contributed by atoms with Crippen molar-refractivity contribution in [3.8, 4) is 17.2 Å². The molecule has 0 saturated carbocycles. The highest BCUT2D eigenvalue weighted by Crippen LogP contribution is 2.39. The van der Waals surface area contributed by atoms with E-state index in [1.54, 1.807) is 12.1 Å². The number of ether oxygens (including phenoxy) is 4. The Hall–Kier alpha value is -1.75. The summed E-state index contributed by atoms with van der Waals surface area (Å²) in [6.07, 6.45) is 3.41. The topological polar surface area (TPSA) is 54.0 Å². The van der Waals surface area contributed by atoms with E-state index in [0.717, 1.165) is 25.5 Å². The molecular formula is C14H18O5. The van der Waals surface area contributed by atoms with E-state index in [4.69, 9.17) is 18.9 Å². The molecule has 5 heteroatoms. The first-order valence-corrected chi connectivity index (χ1v) is 6.28. The van der Waals surface area contributed by atoms with Gasteiger partial charge >= 0.3 is 0 Å². The minimum Gasteiger partial charge on any atom is -0.493 e. The van der Waals surface area contributed by atoms with E-state index >= 15 is 0 Å². The first kappa shape index (κ1) is 13.7. The highest BCUT2D eigenvalue weighted by atomic mass is 16.7. The lowest BCUT2D eigenvalue weighted by atomic mass is 10.2. The largest absolute Gasteiger partial charge is 0.493 e. The minimum absolute atomic E-state index is 0.293. The van der Waals surface area contributed by atoms with Crippen molar-refractivity contribution in [3.05, 3.63) is 17.7 Å². The molecule has 1 aliphatic heterocycles. The Balaban J connectivity index is 2.27. The molecule has 1 aromatic rings. The van der Waals surface area contributed by atoms with E-state index in [0.29, 0.717) is 29.4 Å². The van der Waals surface area contributed by atoms with Crippen molar-refractivity contribution in [3.63, 3.8) is 0 Å². The zero-order valence-corrected chi connectivity index (χ0v) is 11.2. The third-order valence-corrected chi connectivity index (χ3v) is 3.01. The molecule has 1 aromatic carbocycles. The van der Waals surface area contributed by atoms with Crippen LogP contribution in [-0.2, 0) is 4.74 Å². The van der Waals surface area contributed by atoms with Crippen LogP contribution in [0.25, 0.3) is 0 Å². The second-order valence-electron chi connectivity index (χ2n) is 4.29. The van der Waals surface area contributed by atoms with Crippen LogP contribution in [0.3, 0.4) is 0 Å². The van der Waals surface area contributed by atoms with Gasteiger partial charge in [-0.25, -0.2) is 0 Å². The number of methoxy groups -OCH3 is 2. The summed E-state index contributed by atoms with van der Waals surface area (Å²) < 4.78 is 21.9. The summed E-state index contributed by atoms with van der Waals surface area (Å²) in [6, 6.07) is 3.24. The Morgan fingerprint density at radius 1 is 1.21 bits per heavy atom. The number of aldehydes is 1. The molecule has 5 nitrogen and oxygen atoms in total. The number of rotatable bonds is 5. The van der Waals surface area contributed by atoms with Crippen molar-refractivity contribution in [1.82, 2.24) is 0 Å². The van der Waals surface area contributed by atoms with Crippen LogP contribution in [0.1, 0.15) is 29.6 Å². The lowest BCUT2D eigenvalue weighted by Crippen LogP contribution is -2.25. The van der Waals surface area contributed by atoms with E-state index in [1.807, 2.05) is 0 Å². The van der Waals surface area contributed by atoms with Gasteiger partial charge in [0.15, 0.2) is 17.8 Å². The molecular weight excluding hydrogens is 248 g/mol. The Morgan fingerprint density at radius 3 is 2.37 bits per heavy atom. The third kappa shape index (κ3) is 3.17. The molecule has 0 N–H and O–H groups in total. The summed E-state index contributed by atoms with van der Waals surface area (Å²) in [5.74, 6) is 1.41. The predicted octanol–water partition coefficient (Wildman–Crippen LogP) is 2.42. The summed E-state index contributed by atoms with van der Waals surface area (Å²) in [6.45, 7) is 0.696. The molecule has 0 aromatic heterocycles.